The Hall–Kier alpha value is -3.58. The molecule has 0 radical (unpaired) electrons. The number of rotatable bonds is 6. The van der Waals surface area contributed by atoms with Crippen molar-refractivity contribution >= 4 is 27.5 Å². The summed E-state index contributed by atoms with van der Waals surface area (Å²) in [7, 11) is 0. The first-order valence-electron chi connectivity index (χ1n) is 9.69. The van der Waals surface area contributed by atoms with Crippen molar-refractivity contribution in [2.45, 2.75) is 13.1 Å². The third-order valence-electron chi connectivity index (χ3n) is 4.71. The Morgan fingerprint density at radius 1 is 0.903 bits per heavy atom. The second-order valence-electron chi connectivity index (χ2n) is 6.86. The minimum absolute atomic E-state index is 0.178. The van der Waals surface area contributed by atoms with Gasteiger partial charge < -0.3 is 4.90 Å². The second kappa shape index (κ2) is 9.49. The van der Waals surface area contributed by atoms with E-state index in [1.54, 1.807) is 17.2 Å². The summed E-state index contributed by atoms with van der Waals surface area (Å²) in [4.78, 5) is 31.6. The van der Waals surface area contributed by atoms with Crippen LogP contribution in [0.15, 0.2) is 100 Å². The normalized spacial score (nSPS) is 10.6. The van der Waals surface area contributed by atoms with Gasteiger partial charge in [-0.2, -0.15) is 5.10 Å². The maximum atomic E-state index is 13.3. The van der Waals surface area contributed by atoms with Crippen molar-refractivity contribution < 1.29 is 4.79 Å². The summed E-state index contributed by atoms with van der Waals surface area (Å²) >= 11 is 3.42. The highest BCUT2D eigenvalue weighted by molar-refractivity contribution is 9.10. The lowest BCUT2D eigenvalue weighted by molar-refractivity contribution is -0.119. The van der Waals surface area contributed by atoms with Gasteiger partial charge in [0.25, 0.3) is 5.56 Å². The number of carbonyl (C=O) groups is 1. The fraction of sp³-hybridized carbons (Fsp3) is 0.0833. The van der Waals surface area contributed by atoms with Gasteiger partial charge in [0.05, 0.1) is 17.9 Å². The number of pyridine rings is 1. The van der Waals surface area contributed by atoms with E-state index in [1.807, 2.05) is 72.8 Å². The molecule has 0 atom stereocenters. The van der Waals surface area contributed by atoms with Gasteiger partial charge in [0.1, 0.15) is 6.54 Å². The van der Waals surface area contributed by atoms with E-state index < -0.39 is 0 Å². The number of hydrogen-bond acceptors (Lipinski definition) is 4. The molecule has 2 aromatic heterocycles. The first kappa shape index (κ1) is 20.7. The summed E-state index contributed by atoms with van der Waals surface area (Å²) in [5.41, 5.74) is 2.64. The van der Waals surface area contributed by atoms with Gasteiger partial charge in [0.2, 0.25) is 5.91 Å². The van der Waals surface area contributed by atoms with Crippen LogP contribution in [-0.2, 0) is 17.9 Å². The van der Waals surface area contributed by atoms with Crippen LogP contribution in [0.4, 0.5) is 5.69 Å². The Kier molecular flexibility index (Phi) is 6.33. The Balaban J connectivity index is 1.64. The van der Waals surface area contributed by atoms with Crippen LogP contribution in [-0.4, -0.2) is 20.7 Å². The Morgan fingerprint density at radius 2 is 1.65 bits per heavy atom. The first-order valence-corrected chi connectivity index (χ1v) is 10.5. The van der Waals surface area contributed by atoms with Gasteiger partial charge in [-0.15, -0.1) is 0 Å². The van der Waals surface area contributed by atoms with Gasteiger partial charge in [-0.25, -0.2) is 4.68 Å². The summed E-state index contributed by atoms with van der Waals surface area (Å²) in [6.45, 7) is 0.108. The molecule has 4 rings (SSSR count). The molecule has 0 saturated carbocycles. The molecule has 2 heterocycles. The van der Waals surface area contributed by atoms with E-state index in [9.17, 15) is 9.59 Å². The standard InChI is InChI=1S/C24H19BrN4O2/c25-19-9-11-21(12-10-19)28(16-20-8-4-5-15-26-20)24(31)17-29-23(30)14-13-22(27-29)18-6-2-1-3-7-18/h1-15H,16-17H2. The van der Waals surface area contributed by atoms with Gasteiger partial charge in [0, 0.05) is 28.0 Å². The summed E-state index contributed by atoms with van der Waals surface area (Å²) in [6.07, 6.45) is 1.69. The van der Waals surface area contributed by atoms with Crippen molar-refractivity contribution in [1.82, 2.24) is 14.8 Å². The lowest BCUT2D eigenvalue weighted by Gasteiger charge is -2.23. The molecule has 0 unspecified atom stereocenters. The van der Waals surface area contributed by atoms with Crippen molar-refractivity contribution in [2.24, 2.45) is 0 Å². The predicted molar refractivity (Wildman–Crippen MR) is 124 cm³/mol. The Bertz CT molecular complexity index is 1230. The van der Waals surface area contributed by atoms with Crippen LogP contribution in [0.3, 0.4) is 0 Å². The quantitative estimate of drug-likeness (QED) is 0.417. The van der Waals surface area contributed by atoms with Crippen LogP contribution in [0.2, 0.25) is 0 Å². The van der Waals surface area contributed by atoms with Crippen LogP contribution in [0.1, 0.15) is 5.69 Å². The van der Waals surface area contributed by atoms with E-state index in [2.05, 4.69) is 26.0 Å². The minimum atomic E-state index is -0.332. The van der Waals surface area contributed by atoms with E-state index in [-0.39, 0.29) is 24.6 Å². The molecule has 2 aromatic carbocycles. The number of amides is 1. The number of hydrogen-bond donors (Lipinski definition) is 0. The smallest absolute Gasteiger partial charge is 0.267 e. The lowest BCUT2D eigenvalue weighted by atomic mass is 10.1. The van der Waals surface area contributed by atoms with E-state index >= 15 is 0 Å². The molecule has 0 bridgehead atoms. The van der Waals surface area contributed by atoms with Gasteiger partial charge in [-0.05, 0) is 42.5 Å². The van der Waals surface area contributed by atoms with Crippen molar-refractivity contribution in [1.29, 1.82) is 0 Å². The number of nitrogens with zero attached hydrogens (tertiary/aromatic N) is 4. The highest BCUT2D eigenvalue weighted by Gasteiger charge is 2.19. The zero-order chi connectivity index (χ0) is 21.6. The van der Waals surface area contributed by atoms with Crippen molar-refractivity contribution in [3.8, 4) is 11.3 Å². The molecular weight excluding hydrogens is 456 g/mol. The van der Waals surface area contributed by atoms with E-state index in [0.717, 1.165) is 15.7 Å². The van der Waals surface area contributed by atoms with Gasteiger partial charge in [-0.3, -0.25) is 14.6 Å². The Morgan fingerprint density at radius 3 is 2.35 bits per heavy atom. The van der Waals surface area contributed by atoms with Crippen LogP contribution in [0, 0.1) is 0 Å². The number of benzene rings is 2. The lowest BCUT2D eigenvalue weighted by Crippen LogP contribution is -2.37. The Labute approximate surface area is 187 Å². The average Bonchev–Trinajstić information content (AvgIpc) is 2.81. The van der Waals surface area contributed by atoms with E-state index in [1.165, 1.54) is 10.7 Å². The molecule has 6 nitrogen and oxygen atoms in total. The maximum Gasteiger partial charge on any atom is 0.267 e. The first-order chi connectivity index (χ1) is 15.1. The van der Waals surface area contributed by atoms with Crippen LogP contribution in [0.25, 0.3) is 11.3 Å². The molecular formula is C24H19BrN4O2. The SMILES string of the molecule is O=C(Cn1nc(-c2ccccc2)ccc1=O)N(Cc1ccccn1)c1ccc(Br)cc1. The van der Waals surface area contributed by atoms with Crippen molar-refractivity contribution in [3.05, 3.63) is 112 Å². The molecule has 1 amide bonds. The number of anilines is 1. The summed E-state index contributed by atoms with van der Waals surface area (Å²) in [5, 5.41) is 4.41. The highest BCUT2D eigenvalue weighted by Crippen LogP contribution is 2.21. The molecule has 7 heteroatoms. The summed E-state index contributed by atoms with van der Waals surface area (Å²) in [5.74, 6) is -0.257. The van der Waals surface area contributed by atoms with Crippen LogP contribution >= 0.6 is 15.9 Å². The molecule has 0 aliphatic carbocycles. The number of halogens is 1. The molecule has 0 aliphatic rings. The third-order valence-corrected chi connectivity index (χ3v) is 5.24. The second-order valence-corrected chi connectivity index (χ2v) is 7.77. The summed E-state index contributed by atoms with van der Waals surface area (Å²) in [6, 6.07) is 25.6. The molecule has 0 spiro atoms. The van der Waals surface area contributed by atoms with Crippen LogP contribution in [0.5, 0.6) is 0 Å². The molecule has 31 heavy (non-hydrogen) atoms. The largest absolute Gasteiger partial charge is 0.305 e. The van der Waals surface area contributed by atoms with Crippen molar-refractivity contribution in [3.63, 3.8) is 0 Å². The highest BCUT2D eigenvalue weighted by atomic mass is 79.9. The molecule has 0 aliphatic heterocycles. The molecule has 4 aromatic rings. The fourth-order valence-corrected chi connectivity index (χ4v) is 3.40. The molecule has 0 N–H and O–H groups in total. The van der Waals surface area contributed by atoms with E-state index in [0.29, 0.717) is 11.4 Å². The van der Waals surface area contributed by atoms with Gasteiger partial charge >= 0.3 is 0 Å². The minimum Gasteiger partial charge on any atom is -0.305 e. The van der Waals surface area contributed by atoms with Crippen molar-refractivity contribution in [2.75, 3.05) is 4.90 Å². The fourth-order valence-electron chi connectivity index (χ4n) is 3.14. The molecule has 0 fully saturated rings. The maximum absolute atomic E-state index is 13.3. The third kappa shape index (κ3) is 5.13. The number of aromatic nitrogens is 3. The van der Waals surface area contributed by atoms with Gasteiger partial charge in [0.15, 0.2) is 0 Å². The topological polar surface area (TPSA) is 68.1 Å². The summed E-state index contributed by atoms with van der Waals surface area (Å²) < 4.78 is 2.12. The predicted octanol–water partition coefficient (Wildman–Crippen LogP) is 4.30. The monoisotopic (exact) mass is 474 g/mol. The van der Waals surface area contributed by atoms with Gasteiger partial charge in [-0.1, -0.05) is 52.3 Å². The average molecular weight is 475 g/mol. The van der Waals surface area contributed by atoms with E-state index in [4.69, 9.17) is 0 Å². The number of carbonyl (C=O) groups excluding carboxylic acids is 1. The zero-order valence-electron chi connectivity index (χ0n) is 16.6. The zero-order valence-corrected chi connectivity index (χ0v) is 18.1. The van der Waals surface area contributed by atoms with Crippen LogP contribution < -0.4 is 10.5 Å². The molecule has 0 saturated heterocycles. The molecule has 154 valence electrons.